The van der Waals surface area contributed by atoms with E-state index in [-0.39, 0.29) is 11.3 Å². The molecule has 0 aliphatic rings. The van der Waals surface area contributed by atoms with E-state index in [4.69, 9.17) is 0 Å². The van der Waals surface area contributed by atoms with Gasteiger partial charge in [-0.2, -0.15) is 0 Å². The summed E-state index contributed by atoms with van der Waals surface area (Å²) in [6, 6.07) is 10.4. The molecule has 1 N–H and O–H groups in total. The zero-order valence-corrected chi connectivity index (χ0v) is 14.2. The minimum Gasteiger partial charge on any atom is -0.301 e. The van der Waals surface area contributed by atoms with E-state index in [1.807, 2.05) is 26.8 Å². The maximum Gasteiger partial charge on any atom is 0.226 e. The van der Waals surface area contributed by atoms with Crippen molar-refractivity contribution in [3.05, 3.63) is 40.9 Å². The van der Waals surface area contributed by atoms with E-state index in [1.54, 1.807) is 0 Å². The molecule has 0 fully saturated rings. The van der Waals surface area contributed by atoms with Crippen LogP contribution >= 0.6 is 11.3 Å². The van der Waals surface area contributed by atoms with Gasteiger partial charge in [-0.25, -0.2) is 0 Å². The third-order valence-corrected chi connectivity index (χ3v) is 4.00. The molecule has 0 unspecified atom stereocenters. The second-order valence-electron chi connectivity index (χ2n) is 6.63. The number of nitrogens with zero attached hydrogens (tertiary/aromatic N) is 2. The highest BCUT2D eigenvalue weighted by Gasteiger charge is 2.17. The molecule has 1 amide bonds. The number of anilines is 1. The predicted octanol–water partition coefficient (Wildman–Crippen LogP) is 4.09. The van der Waals surface area contributed by atoms with Crippen molar-refractivity contribution in [2.24, 2.45) is 5.41 Å². The molecule has 5 heteroatoms. The van der Waals surface area contributed by atoms with Crippen molar-refractivity contribution in [2.75, 3.05) is 5.32 Å². The highest BCUT2D eigenvalue weighted by atomic mass is 32.1. The van der Waals surface area contributed by atoms with E-state index >= 15 is 0 Å². The molecule has 2 aromatic rings. The summed E-state index contributed by atoms with van der Waals surface area (Å²) < 4.78 is 0. The minimum atomic E-state index is -0.0206. The summed E-state index contributed by atoms with van der Waals surface area (Å²) in [7, 11) is 0. The van der Waals surface area contributed by atoms with Gasteiger partial charge in [-0.1, -0.05) is 62.4 Å². The van der Waals surface area contributed by atoms with Crippen LogP contribution in [0.5, 0.6) is 0 Å². The molecule has 0 saturated heterocycles. The molecule has 0 bridgehead atoms. The van der Waals surface area contributed by atoms with Gasteiger partial charge in [0.25, 0.3) is 0 Å². The largest absolute Gasteiger partial charge is 0.301 e. The van der Waals surface area contributed by atoms with Crippen molar-refractivity contribution < 1.29 is 4.79 Å². The van der Waals surface area contributed by atoms with Crippen molar-refractivity contribution in [1.82, 2.24) is 10.2 Å². The summed E-state index contributed by atoms with van der Waals surface area (Å²) in [4.78, 5) is 11.9. The third kappa shape index (κ3) is 5.93. The monoisotopic (exact) mass is 317 g/mol. The number of nitrogens with one attached hydrogen (secondary N) is 1. The number of aromatic nitrogens is 2. The van der Waals surface area contributed by atoms with Crippen molar-refractivity contribution in [3.63, 3.8) is 0 Å². The average molecular weight is 317 g/mol. The minimum absolute atomic E-state index is 0.000476. The van der Waals surface area contributed by atoms with Crippen LogP contribution in [0.3, 0.4) is 0 Å². The molecule has 2 rings (SSSR count). The molecule has 0 aliphatic heterocycles. The van der Waals surface area contributed by atoms with E-state index in [0.717, 1.165) is 24.3 Å². The summed E-state index contributed by atoms with van der Waals surface area (Å²) in [6.45, 7) is 6.13. The predicted molar refractivity (Wildman–Crippen MR) is 91.1 cm³/mol. The van der Waals surface area contributed by atoms with Crippen LogP contribution in [0.1, 0.15) is 44.2 Å². The molecule has 0 radical (unpaired) electrons. The van der Waals surface area contributed by atoms with E-state index in [9.17, 15) is 4.79 Å². The smallest absolute Gasteiger partial charge is 0.226 e. The Morgan fingerprint density at radius 1 is 1.14 bits per heavy atom. The summed E-state index contributed by atoms with van der Waals surface area (Å²) in [5.74, 6) is -0.000476. The van der Waals surface area contributed by atoms with Gasteiger partial charge in [-0.3, -0.25) is 4.79 Å². The van der Waals surface area contributed by atoms with E-state index in [1.165, 1.54) is 16.9 Å². The molecule has 0 spiro atoms. The number of hydrogen-bond acceptors (Lipinski definition) is 4. The van der Waals surface area contributed by atoms with Gasteiger partial charge in [-0.15, -0.1) is 10.2 Å². The molecule has 0 atom stereocenters. The van der Waals surface area contributed by atoms with E-state index in [2.05, 4.69) is 39.8 Å². The first-order chi connectivity index (χ1) is 10.4. The Morgan fingerprint density at radius 2 is 1.86 bits per heavy atom. The molecule has 0 saturated carbocycles. The van der Waals surface area contributed by atoms with Gasteiger partial charge in [0.1, 0.15) is 5.01 Å². The number of amides is 1. The van der Waals surface area contributed by atoms with Crippen LogP contribution in [-0.4, -0.2) is 16.1 Å². The number of benzene rings is 1. The van der Waals surface area contributed by atoms with Crippen molar-refractivity contribution >= 4 is 22.4 Å². The van der Waals surface area contributed by atoms with Gasteiger partial charge in [0.05, 0.1) is 0 Å². The number of aryl methyl sites for hydroxylation is 2. The second-order valence-corrected chi connectivity index (χ2v) is 7.69. The Kier molecular flexibility index (Phi) is 5.66. The number of hydrogen-bond donors (Lipinski definition) is 1. The molecular formula is C17H23N3OS. The lowest BCUT2D eigenvalue weighted by atomic mass is 9.92. The van der Waals surface area contributed by atoms with Gasteiger partial charge in [0.15, 0.2) is 0 Å². The maximum atomic E-state index is 11.9. The van der Waals surface area contributed by atoms with Crippen molar-refractivity contribution in [1.29, 1.82) is 0 Å². The third-order valence-electron chi connectivity index (χ3n) is 3.10. The summed E-state index contributed by atoms with van der Waals surface area (Å²) in [5, 5.41) is 12.6. The quantitative estimate of drug-likeness (QED) is 0.873. The Morgan fingerprint density at radius 3 is 2.55 bits per heavy atom. The number of carbonyl (C=O) groups excluding carboxylic acids is 1. The van der Waals surface area contributed by atoms with Crippen LogP contribution < -0.4 is 5.32 Å². The van der Waals surface area contributed by atoms with Crippen LogP contribution in [0.2, 0.25) is 0 Å². The van der Waals surface area contributed by atoms with Crippen molar-refractivity contribution in [3.8, 4) is 0 Å². The highest BCUT2D eigenvalue weighted by molar-refractivity contribution is 7.15. The Hall–Kier alpha value is -1.75. The van der Waals surface area contributed by atoms with Crippen molar-refractivity contribution in [2.45, 2.75) is 46.5 Å². The van der Waals surface area contributed by atoms with Gasteiger partial charge >= 0.3 is 0 Å². The van der Waals surface area contributed by atoms with Gasteiger partial charge < -0.3 is 5.32 Å². The molecule has 1 heterocycles. The molecule has 118 valence electrons. The zero-order valence-electron chi connectivity index (χ0n) is 13.4. The van der Waals surface area contributed by atoms with E-state index in [0.29, 0.717) is 11.6 Å². The Labute approximate surface area is 136 Å². The summed E-state index contributed by atoms with van der Waals surface area (Å²) in [6.07, 6.45) is 3.44. The summed E-state index contributed by atoms with van der Waals surface area (Å²) in [5.41, 5.74) is 1.32. The zero-order chi connectivity index (χ0) is 16.0. The lowest BCUT2D eigenvalue weighted by Gasteiger charge is -2.16. The van der Waals surface area contributed by atoms with Crippen LogP contribution in [0.4, 0.5) is 5.13 Å². The second kappa shape index (κ2) is 7.49. The molecular weight excluding hydrogens is 294 g/mol. The number of carbonyl (C=O) groups is 1. The Balaban J connectivity index is 1.78. The van der Waals surface area contributed by atoms with Gasteiger partial charge in [-0.05, 0) is 23.8 Å². The fraction of sp³-hybridized carbons (Fsp3) is 0.471. The number of rotatable bonds is 6. The fourth-order valence-electron chi connectivity index (χ4n) is 2.14. The maximum absolute atomic E-state index is 11.9. The lowest BCUT2D eigenvalue weighted by molar-refractivity contribution is -0.117. The van der Waals surface area contributed by atoms with Crippen LogP contribution in [0, 0.1) is 5.41 Å². The lowest BCUT2D eigenvalue weighted by Crippen LogP contribution is -2.19. The van der Waals surface area contributed by atoms with Crippen LogP contribution in [0.25, 0.3) is 0 Å². The molecule has 1 aromatic heterocycles. The van der Waals surface area contributed by atoms with Crippen LogP contribution in [0.15, 0.2) is 30.3 Å². The normalized spacial score (nSPS) is 11.4. The SMILES string of the molecule is CC(C)(C)CC(=O)Nc1nnc(CCCc2ccccc2)s1. The van der Waals surface area contributed by atoms with Gasteiger partial charge in [0.2, 0.25) is 11.0 Å². The first kappa shape index (κ1) is 16.6. The fourth-order valence-corrected chi connectivity index (χ4v) is 2.94. The highest BCUT2D eigenvalue weighted by Crippen LogP contribution is 2.21. The Bertz CT molecular complexity index is 602. The topological polar surface area (TPSA) is 54.9 Å². The summed E-state index contributed by atoms with van der Waals surface area (Å²) >= 11 is 1.47. The molecule has 1 aromatic carbocycles. The van der Waals surface area contributed by atoms with Gasteiger partial charge in [0, 0.05) is 12.8 Å². The average Bonchev–Trinajstić information content (AvgIpc) is 2.85. The van der Waals surface area contributed by atoms with E-state index < -0.39 is 0 Å². The molecule has 4 nitrogen and oxygen atoms in total. The standard InChI is InChI=1S/C17H23N3OS/c1-17(2,3)12-14(21)18-16-20-19-15(22-16)11-7-10-13-8-5-4-6-9-13/h4-6,8-9H,7,10-12H2,1-3H3,(H,18,20,21). The molecule has 0 aliphatic carbocycles. The first-order valence-electron chi connectivity index (χ1n) is 7.58. The first-order valence-corrected chi connectivity index (χ1v) is 8.40. The molecule has 22 heavy (non-hydrogen) atoms. The van der Waals surface area contributed by atoms with Crippen LogP contribution in [-0.2, 0) is 17.6 Å².